The summed E-state index contributed by atoms with van der Waals surface area (Å²) in [6.07, 6.45) is 3.39. The van der Waals surface area contributed by atoms with Gasteiger partial charge in [-0.25, -0.2) is 0 Å². The number of nitrogens with zero attached hydrogens (tertiary/aromatic N) is 3. The van der Waals surface area contributed by atoms with Gasteiger partial charge in [0, 0.05) is 64.3 Å². The fourth-order valence-corrected chi connectivity index (χ4v) is 3.93. The Bertz CT molecular complexity index is 724. The molecule has 3 rings (SSSR count). The van der Waals surface area contributed by atoms with Crippen LogP contribution >= 0.6 is 0 Å². The van der Waals surface area contributed by atoms with Gasteiger partial charge in [0.1, 0.15) is 5.75 Å². The number of carbonyl (C=O) groups is 1. The lowest BCUT2D eigenvalue weighted by molar-refractivity contribution is -0.139. The molecule has 1 aliphatic carbocycles. The summed E-state index contributed by atoms with van der Waals surface area (Å²) in [5.74, 6) is 2.40. The van der Waals surface area contributed by atoms with Crippen molar-refractivity contribution in [3.8, 4) is 5.75 Å². The summed E-state index contributed by atoms with van der Waals surface area (Å²) in [5.41, 5.74) is 2.32. The highest BCUT2D eigenvalue weighted by Gasteiger charge is 2.30. The molecular formula is C23H37N5O2. The van der Waals surface area contributed by atoms with Crippen LogP contribution < -0.4 is 15.4 Å². The second-order valence-corrected chi connectivity index (χ2v) is 8.19. The van der Waals surface area contributed by atoms with Crippen LogP contribution in [0.25, 0.3) is 0 Å². The number of carbonyl (C=O) groups excluding carboxylic acids is 1. The molecule has 1 saturated heterocycles. The van der Waals surface area contributed by atoms with Gasteiger partial charge in [-0.2, -0.15) is 0 Å². The third-order valence-electron chi connectivity index (χ3n) is 6.05. The van der Waals surface area contributed by atoms with Gasteiger partial charge >= 0.3 is 0 Å². The highest BCUT2D eigenvalue weighted by Crippen LogP contribution is 2.28. The van der Waals surface area contributed by atoms with Gasteiger partial charge in [0.25, 0.3) is 0 Å². The summed E-state index contributed by atoms with van der Waals surface area (Å²) in [6, 6.07) is 6.28. The summed E-state index contributed by atoms with van der Waals surface area (Å²) in [7, 11) is 1.79. The molecule has 166 valence electrons. The van der Waals surface area contributed by atoms with Gasteiger partial charge in [0.15, 0.2) is 5.96 Å². The Kier molecular flexibility index (Phi) is 8.37. The number of aryl methyl sites for hydroxylation is 1. The average Bonchev–Trinajstić information content (AvgIpc) is 2.71. The van der Waals surface area contributed by atoms with Crippen LogP contribution in [0.5, 0.6) is 5.75 Å². The van der Waals surface area contributed by atoms with E-state index in [1.165, 1.54) is 12.0 Å². The van der Waals surface area contributed by atoms with Crippen LogP contribution in [0.15, 0.2) is 23.2 Å². The van der Waals surface area contributed by atoms with Gasteiger partial charge in [-0.1, -0.05) is 18.6 Å². The molecule has 0 unspecified atom stereocenters. The van der Waals surface area contributed by atoms with Gasteiger partial charge in [0.2, 0.25) is 5.91 Å². The third kappa shape index (κ3) is 6.11. The van der Waals surface area contributed by atoms with Crippen LogP contribution in [-0.2, 0) is 11.3 Å². The minimum Gasteiger partial charge on any atom is -0.494 e. The van der Waals surface area contributed by atoms with Crippen molar-refractivity contribution in [2.75, 3.05) is 52.9 Å². The predicted octanol–water partition coefficient (Wildman–Crippen LogP) is 2.00. The van der Waals surface area contributed by atoms with Crippen LogP contribution in [-0.4, -0.2) is 74.6 Å². The normalized spacial score (nSPS) is 18.1. The lowest BCUT2D eigenvalue weighted by Crippen LogP contribution is -2.52. The van der Waals surface area contributed by atoms with Crippen LogP contribution in [0.3, 0.4) is 0 Å². The molecule has 1 aliphatic heterocycles. The Balaban J connectivity index is 1.37. The van der Waals surface area contributed by atoms with E-state index < -0.39 is 0 Å². The number of rotatable bonds is 8. The molecule has 1 amide bonds. The van der Waals surface area contributed by atoms with Crippen LogP contribution in [0, 0.1) is 12.8 Å². The van der Waals surface area contributed by atoms with Crippen LogP contribution in [0.1, 0.15) is 37.3 Å². The lowest BCUT2D eigenvalue weighted by Gasteiger charge is -2.38. The molecule has 1 aromatic carbocycles. The summed E-state index contributed by atoms with van der Waals surface area (Å²) in [5, 5.41) is 6.77. The lowest BCUT2D eigenvalue weighted by atomic mass is 9.84. The van der Waals surface area contributed by atoms with Gasteiger partial charge in [-0.05, 0) is 38.3 Å². The van der Waals surface area contributed by atoms with E-state index in [9.17, 15) is 4.79 Å². The molecule has 7 nitrogen and oxygen atoms in total. The number of amides is 1. The Hall–Kier alpha value is -2.28. The maximum atomic E-state index is 12.4. The predicted molar refractivity (Wildman–Crippen MR) is 121 cm³/mol. The summed E-state index contributed by atoms with van der Waals surface area (Å²) < 4.78 is 5.76. The van der Waals surface area contributed by atoms with E-state index in [4.69, 9.17) is 4.74 Å². The van der Waals surface area contributed by atoms with E-state index in [2.05, 4.69) is 50.5 Å². The molecule has 0 spiro atoms. The van der Waals surface area contributed by atoms with E-state index >= 15 is 0 Å². The summed E-state index contributed by atoms with van der Waals surface area (Å²) in [6.45, 7) is 10.8. The molecule has 0 aromatic heterocycles. The minimum atomic E-state index is 0.310. The van der Waals surface area contributed by atoms with E-state index in [0.29, 0.717) is 25.0 Å². The van der Waals surface area contributed by atoms with E-state index in [0.717, 1.165) is 69.4 Å². The molecule has 30 heavy (non-hydrogen) atoms. The standard InChI is InChI=1S/C23H37N5O2/c1-4-30-21-16-18(2)8-9-20(21)17-26-23(24-3)25-10-11-27-12-14-28(15-13-27)22(29)19-6-5-7-19/h8-9,16,19H,4-7,10-15,17H2,1-3H3,(H2,24,25,26). The van der Waals surface area contributed by atoms with Crippen molar-refractivity contribution < 1.29 is 9.53 Å². The highest BCUT2D eigenvalue weighted by atomic mass is 16.5. The molecule has 0 radical (unpaired) electrons. The maximum Gasteiger partial charge on any atom is 0.225 e. The van der Waals surface area contributed by atoms with Gasteiger partial charge in [0.05, 0.1) is 6.61 Å². The van der Waals surface area contributed by atoms with Crippen molar-refractivity contribution in [3.63, 3.8) is 0 Å². The van der Waals surface area contributed by atoms with E-state index in [1.807, 2.05) is 6.92 Å². The molecule has 2 N–H and O–H groups in total. The Labute approximate surface area is 180 Å². The van der Waals surface area contributed by atoms with Crippen molar-refractivity contribution in [1.82, 2.24) is 20.4 Å². The van der Waals surface area contributed by atoms with Gasteiger partial charge in [-0.15, -0.1) is 0 Å². The van der Waals surface area contributed by atoms with Crippen LogP contribution in [0.4, 0.5) is 0 Å². The zero-order valence-electron chi connectivity index (χ0n) is 18.7. The first-order valence-corrected chi connectivity index (χ1v) is 11.3. The van der Waals surface area contributed by atoms with Crippen molar-refractivity contribution >= 4 is 11.9 Å². The Morgan fingerprint density at radius 2 is 1.97 bits per heavy atom. The molecule has 0 atom stereocenters. The van der Waals surface area contributed by atoms with E-state index in [-0.39, 0.29) is 0 Å². The third-order valence-corrected chi connectivity index (χ3v) is 6.05. The zero-order valence-corrected chi connectivity index (χ0v) is 18.7. The van der Waals surface area contributed by atoms with Crippen molar-refractivity contribution in [2.24, 2.45) is 10.9 Å². The Morgan fingerprint density at radius 3 is 2.60 bits per heavy atom. The first-order chi connectivity index (χ1) is 14.6. The fourth-order valence-electron chi connectivity index (χ4n) is 3.93. The molecule has 2 aliphatic rings. The topological polar surface area (TPSA) is 69.2 Å². The number of aliphatic imine (C=N–C) groups is 1. The number of nitrogens with one attached hydrogen (secondary N) is 2. The van der Waals surface area contributed by atoms with Crippen molar-refractivity contribution in [3.05, 3.63) is 29.3 Å². The van der Waals surface area contributed by atoms with Gasteiger partial charge < -0.3 is 20.3 Å². The minimum absolute atomic E-state index is 0.310. The molecule has 0 bridgehead atoms. The second-order valence-electron chi connectivity index (χ2n) is 8.19. The zero-order chi connectivity index (χ0) is 21.3. The molecule has 1 aromatic rings. The number of guanidine groups is 1. The van der Waals surface area contributed by atoms with Gasteiger partial charge in [-0.3, -0.25) is 14.7 Å². The highest BCUT2D eigenvalue weighted by molar-refractivity contribution is 5.80. The van der Waals surface area contributed by atoms with Crippen LogP contribution in [0.2, 0.25) is 0 Å². The monoisotopic (exact) mass is 415 g/mol. The molecule has 7 heteroatoms. The smallest absolute Gasteiger partial charge is 0.225 e. The molecule has 1 heterocycles. The number of hydrogen-bond donors (Lipinski definition) is 2. The maximum absolute atomic E-state index is 12.4. The number of piperazine rings is 1. The molecular weight excluding hydrogens is 378 g/mol. The number of benzene rings is 1. The number of ether oxygens (including phenoxy) is 1. The Morgan fingerprint density at radius 1 is 1.20 bits per heavy atom. The molecule has 1 saturated carbocycles. The van der Waals surface area contributed by atoms with Crippen molar-refractivity contribution in [2.45, 2.75) is 39.7 Å². The largest absolute Gasteiger partial charge is 0.494 e. The summed E-state index contributed by atoms with van der Waals surface area (Å²) >= 11 is 0. The second kappa shape index (κ2) is 11.2. The quantitative estimate of drug-likeness (QED) is 0.502. The van der Waals surface area contributed by atoms with Crippen molar-refractivity contribution in [1.29, 1.82) is 0 Å². The average molecular weight is 416 g/mol. The molecule has 2 fully saturated rings. The first kappa shape index (κ1) is 22.4. The summed E-state index contributed by atoms with van der Waals surface area (Å²) in [4.78, 5) is 21.2. The SMILES string of the molecule is CCOc1cc(C)ccc1CNC(=NC)NCCN1CCN(C(=O)C2CCC2)CC1. The first-order valence-electron chi connectivity index (χ1n) is 11.3. The fraction of sp³-hybridized carbons (Fsp3) is 0.652. The number of hydrogen-bond acceptors (Lipinski definition) is 4. The van der Waals surface area contributed by atoms with E-state index in [1.54, 1.807) is 7.05 Å².